The van der Waals surface area contributed by atoms with Gasteiger partial charge in [-0.1, -0.05) is 30.0 Å². The molecular formula is C17H13FN2O2S. The summed E-state index contributed by atoms with van der Waals surface area (Å²) in [6, 6.07) is 15.2. The lowest BCUT2D eigenvalue weighted by Crippen LogP contribution is -2.13. The number of aromatic nitrogens is 1. The van der Waals surface area contributed by atoms with Gasteiger partial charge in [-0.05, 0) is 36.4 Å². The van der Waals surface area contributed by atoms with Crippen LogP contribution in [-0.2, 0) is 4.79 Å². The SMILES string of the molecule is O=C(CSc1ncc(-c2ccc(F)cc2)o1)Nc1ccccc1. The Balaban J connectivity index is 1.57. The van der Waals surface area contributed by atoms with Gasteiger partial charge in [0.05, 0.1) is 11.9 Å². The van der Waals surface area contributed by atoms with Crippen LogP contribution in [0.15, 0.2) is 70.4 Å². The molecule has 1 aromatic heterocycles. The molecule has 6 heteroatoms. The van der Waals surface area contributed by atoms with Crippen LogP contribution in [0, 0.1) is 5.82 Å². The van der Waals surface area contributed by atoms with Crippen molar-refractivity contribution in [2.24, 2.45) is 0 Å². The maximum Gasteiger partial charge on any atom is 0.256 e. The highest BCUT2D eigenvalue weighted by atomic mass is 32.2. The molecule has 0 aliphatic heterocycles. The molecule has 0 radical (unpaired) electrons. The number of hydrogen-bond acceptors (Lipinski definition) is 4. The third-order valence-electron chi connectivity index (χ3n) is 3.00. The number of nitrogens with zero attached hydrogens (tertiary/aromatic N) is 1. The van der Waals surface area contributed by atoms with Crippen LogP contribution in [0.3, 0.4) is 0 Å². The van der Waals surface area contributed by atoms with E-state index in [9.17, 15) is 9.18 Å². The van der Waals surface area contributed by atoms with E-state index >= 15 is 0 Å². The van der Waals surface area contributed by atoms with Gasteiger partial charge in [-0.15, -0.1) is 0 Å². The van der Waals surface area contributed by atoms with Crippen LogP contribution in [0.4, 0.5) is 10.1 Å². The van der Waals surface area contributed by atoms with Gasteiger partial charge in [0.25, 0.3) is 5.22 Å². The normalized spacial score (nSPS) is 10.5. The molecule has 0 unspecified atom stereocenters. The van der Waals surface area contributed by atoms with Crippen LogP contribution in [0.5, 0.6) is 0 Å². The van der Waals surface area contributed by atoms with Gasteiger partial charge in [-0.2, -0.15) is 0 Å². The smallest absolute Gasteiger partial charge is 0.256 e. The topological polar surface area (TPSA) is 55.1 Å². The highest BCUT2D eigenvalue weighted by molar-refractivity contribution is 7.99. The highest BCUT2D eigenvalue weighted by Gasteiger charge is 2.10. The minimum Gasteiger partial charge on any atom is -0.431 e. The van der Waals surface area contributed by atoms with Crippen LogP contribution >= 0.6 is 11.8 Å². The minimum absolute atomic E-state index is 0.136. The van der Waals surface area contributed by atoms with Crippen molar-refractivity contribution in [3.05, 3.63) is 66.6 Å². The van der Waals surface area contributed by atoms with Gasteiger partial charge in [-0.25, -0.2) is 9.37 Å². The number of thioether (sulfide) groups is 1. The van der Waals surface area contributed by atoms with Gasteiger partial charge in [0, 0.05) is 11.3 Å². The molecule has 1 heterocycles. The van der Waals surface area contributed by atoms with Crippen LogP contribution in [0.1, 0.15) is 0 Å². The van der Waals surface area contributed by atoms with E-state index in [0.29, 0.717) is 11.0 Å². The summed E-state index contributed by atoms with van der Waals surface area (Å²) in [5.74, 6) is 0.289. The van der Waals surface area contributed by atoms with E-state index in [4.69, 9.17) is 4.42 Å². The first-order chi connectivity index (χ1) is 11.2. The van der Waals surface area contributed by atoms with Gasteiger partial charge < -0.3 is 9.73 Å². The highest BCUT2D eigenvalue weighted by Crippen LogP contribution is 2.25. The Bertz CT molecular complexity index is 788. The summed E-state index contributed by atoms with van der Waals surface area (Å²) < 4.78 is 18.5. The van der Waals surface area contributed by atoms with Crippen molar-refractivity contribution in [3.63, 3.8) is 0 Å². The number of rotatable bonds is 5. The molecule has 0 aliphatic carbocycles. The van der Waals surface area contributed by atoms with E-state index in [1.807, 2.05) is 30.3 Å². The molecule has 0 saturated carbocycles. The van der Waals surface area contributed by atoms with Crippen LogP contribution in [-0.4, -0.2) is 16.6 Å². The molecule has 0 saturated heterocycles. The second-order valence-corrected chi connectivity index (χ2v) is 5.63. The number of oxazole rings is 1. The number of amides is 1. The van der Waals surface area contributed by atoms with E-state index in [1.54, 1.807) is 18.3 Å². The lowest BCUT2D eigenvalue weighted by atomic mass is 10.2. The van der Waals surface area contributed by atoms with E-state index in [1.165, 1.54) is 23.9 Å². The lowest BCUT2D eigenvalue weighted by Gasteiger charge is -2.03. The van der Waals surface area contributed by atoms with E-state index in [-0.39, 0.29) is 17.5 Å². The summed E-state index contributed by atoms with van der Waals surface area (Å²) in [5.41, 5.74) is 1.48. The molecule has 0 spiro atoms. The molecular weight excluding hydrogens is 315 g/mol. The number of anilines is 1. The van der Waals surface area contributed by atoms with Crippen molar-refractivity contribution >= 4 is 23.4 Å². The molecule has 1 N–H and O–H groups in total. The van der Waals surface area contributed by atoms with Crippen molar-refractivity contribution < 1.29 is 13.6 Å². The number of nitrogens with one attached hydrogen (secondary N) is 1. The fourth-order valence-electron chi connectivity index (χ4n) is 1.92. The summed E-state index contributed by atoms with van der Waals surface area (Å²) in [7, 11) is 0. The molecule has 116 valence electrons. The molecule has 0 aliphatic rings. The minimum atomic E-state index is -0.305. The Kier molecular flexibility index (Phi) is 4.73. The molecule has 0 bridgehead atoms. The Morgan fingerprint density at radius 1 is 1.13 bits per heavy atom. The molecule has 2 aromatic carbocycles. The average Bonchev–Trinajstić information content (AvgIpc) is 3.04. The monoisotopic (exact) mass is 328 g/mol. The second-order valence-electron chi connectivity index (χ2n) is 4.70. The third kappa shape index (κ3) is 4.20. The lowest BCUT2D eigenvalue weighted by molar-refractivity contribution is -0.113. The van der Waals surface area contributed by atoms with Crippen molar-refractivity contribution in [2.75, 3.05) is 11.1 Å². The number of carbonyl (C=O) groups is 1. The van der Waals surface area contributed by atoms with Gasteiger partial charge in [0.1, 0.15) is 5.82 Å². The Morgan fingerprint density at radius 2 is 1.87 bits per heavy atom. The van der Waals surface area contributed by atoms with Crippen LogP contribution < -0.4 is 5.32 Å². The van der Waals surface area contributed by atoms with Crippen molar-refractivity contribution in [1.82, 2.24) is 4.98 Å². The quantitative estimate of drug-likeness (QED) is 0.713. The molecule has 3 aromatic rings. The largest absolute Gasteiger partial charge is 0.431 e. The zero-order valence-corrected chi connectivity index (χ0v) is 12.8. The molecule has 3 rings (SSSR count). The summed E-state index contributed by atoms with van der Waals surface area (Å²) in [6.07, 6.45) is 1.56. The first-order valence-electron chi connectivity index (χ1n) is 6.90. The van der Waals surface area contributed by atoms with Crippen molar-refractivity contribution in [1.29, 1.82) is 0 Å². The Labute approximate surface area is 136 Å². The molecule has 0 fully saturated rings. The van der Waals surface area contributed by atoms with Crippen molar-refractivity contribution in [2.45, 2.75) is 5.22 Å². The molecule has 1 amide bonds. The second kappa shape index (κ2) is 7.11. The zero-order chi connectivity index (χ0) is 16.1. The summed E-state index contributed by atoms with van der Waals surface area (Å²) in [6.45, 7) is 0. The predicted octanol–water partition coefficient (Wildman–Crippen LogP) is 4.21. The predicted molar refractivity (Wildman–Crippen MR) is 87.7 cm³/mol. The summed E-state index contributed by atoms with van der Waals surface area (Å²) in [4.78, 5) is 16.0. The third-order valence-corrected chi connectivity index (χ3v) is 3.84. The van der Waals surface area contributed by atoms with Gasteiger partial charge in [0.2, 0.25) is 5.91 Å². The van der Waals surface area contributed by atoms with E-state index in [2.05, 4.69) is 10.3 Å². The maximum absolute atomic E-state index is 12.9. The number of carbonyl (C=O) groups excluding carboxylic acids is 1. The standard InChI is InChI=1S/C17H13FN2O2S/c18-13-8-6-12(7-9-13)15-10-19-17(22-15)23-11-16(21)20-14-4-2-1-3-5-14/h1-10H,11H2,(H,20,21). The Morgan fingerprint density at radius 3 is 2.61 bits per heavy atom. The molecule has 4 nitrogen and oxygen atoms in total. The van der Waals surface area contributed by atoms with Crippen LogP contribution in [0.25, 0.3) is 11.3 Å². The molecule has 23 heavy (non-hydrogen) atoms. The van der Waals surface area contributed by atoms with E-state index < -0.39 is 0 Å². The summed E-state index contributed by atoms with van der Waals surface area (Å²) >= 11 is 1.20. The first kappa shape index (κ1) is 15.3. The zero-order valence-electron chi connectivity index (χ0n) is 12.0. The average molecular weight is 328 g/mol. The van der Waals surface area contributed by atoms with Crippen LogP contribution in [0.2, 0.25) is 0 Å². The van der Waals surface area contributed by atoms with Gasteiger partial charge >= 0.3 is 0 Å². The number of hydrogen-bond donors (Lipinski definition) is 1. The Hall–Kier alpha value is -2.60. The number of para-hydroxylation sites is 1. The van der Waals surface area contributed by atoms with E-state index in [0.717, 1.165) is 11.3 Å². The maximum atomic E-state index is 12.9. The fraction of sp³-hybridized carbons (Fsp3) is 0.0588. The summed E-state index contributed by atoms with van der Waals surface area (Å²) in [5, 5.41) is 3.18. The fourth-order valence-corrected chi connectivity index (χ4v) is 2.52. The number of benzene rings is 2. The van der Waals surface area contributed by atoms with Crippen molar-refractivity contribution in [3.8, 4) is 11.3 Å². The first-order valence-corrected chi connectivity index (χ1v) is 7.89. The van der Waals surface area contributed by atoms with Gasteiger partial charge in [-0.3, -0.25) is 4.79 Å². The van der Waals surface area contributed by atoms with Gasteiger partial charge in [0.15, 0.2) is 5.76 Å². The number of halogens is 1. The molecule has 0 atom stereocenters.